The monoisotopic (exact) mass is 144 g/mol. The smallest absolute Gasteiger partial charge is 0.185 e. The lowest BCUT2D eigenvalue weighted by molar-refractivity contribution is -0.122. The van der Waals surface area contributed by atoms with Crippen molar-refractivity contribution in [1.82, 2.24) is 0 Å². The summed E-state index contributed by atoms with van der Waals surface area (Å²) in [6.07, 6.45) is 0.902. The highest BCUT2D eigenvalue weighted by atomic mass is 16.5. The molecule has 0 heterocycles. The van der Waals surface area contributed by atoms with E-state index < -0.39 is 5.79 Å². The van der Waals surface area contributed by atoms with Crippen molar-refractivity contribution >= 4 is 0 Å². The fourth-order valence-electron chi connectivity index (χ4n) is 1.24. The third-order valence-electron chi connectivity index (χ3n) is 2.07. The molecule has 10 heavy (non-hydrogen) atoms. The van der Waals surface area contributed by atoms with Crippen LogP contribution in [0.3, 0.4) is 0 Å². The molecule has 0 aromatic heterocycles. The molecule has 3 heteroatoms. The first-order valence-corrected chi connectivity index (χ1v) is 3.33. The Morgan fingerprint density at radius 1 is 1.60 bits per heavy atom. The van der Waals surface area contributed by atoms with Gasteiger partial charge in [0.05, 0.1) is 0 Å². The van der Waals surface area contributed by atoms with Crippen molar-refractivity contribution in [1.29, 1.82) is 0 Å². The summed E-state index contributed by atoms with van der Waals surface area (Å²) in [5.41, 5.74) is 0.343. The van der Waals surface area contributed by atoms with Gasteiger partial charge in [0.25, 0.3) is 0 Å². The molecule has 0 aromatic carbocycles. The van der Waals surface area contributed by atoms with Crippen molar-refractivity contribution in [3.05, 3.63) is 12.2 Å². The maximum atomic E-state index is 9.11. The number of hydrogen-bond acceptors (Lipinski definition) is 3. The lowest BCUT2D eigenvalue weighted by Gasteiger charge is -2.17. The van der Waals surface area contributed by atoms with Crippen LogP contribution in [0.1, 0.15) is 12.8 Å². The van der Waals surface area contributed by atoms with Crippen molar-refractivity contribution in [3.8, 4) is 0 Å². The van der Waals surface area contributed by atoms with Gasteiger partial charge in [0.15, 0.2) is 5.79 Å². The molecule has 1 fully saturated rings. The summed E-state index contributed by atoms with van der Waals surface area (Å²) in [5, 5.41) is 26.9. The third-order valence-corrected chi connectivity index (χ3v) is 2.07. The fourth-order valence-corrected chi connectivity index (χ4v) is 1.24. The van der Waals surface area contributed by atoms with E-state index >= 15 is 0 Å². The van der Waals surface area contributed by atoms with Gasteiger partial charge >= 0.3 is 0 Å². The molecule has 3 N–H and O–H groups in total. The van der Waals surface area contributed by atoms with Gasteiger partial charge in [-0.15, -0.1) is 0 Å². The minimum Gasteiger partial charge on any atom is -0.396 e. The molecule has 1 unspecified atom stereocenters. The van der Waals surface area contributed by atoms with Crippen LogP contribution < -0.4 is 0 Å². The van der Waals surface area contributed by atoms with Crippen LogP contribution in [0.2, 0.25) is 0 Å². The molecular formula is C7H12O3. The van der Waals surface area contributed by atoms with Crippen molar-refractivity contribution in [2.24, 2.45) is 5.92 Å². The minimum atomic E-state index is -1.73. The molecule has 1 rings (SSSR count). The van der Waals surface area contributed by atoms with E-state index in [-0.39, 0.29) is 18.9 Å². The van der Waals surface area contributed by atoms with E-state index in [1.54, 1.807) is 0 Å². The lowest BCUT2D eigenvalue weighted by atomic mass is 10.0. The lowest BCUT2D eigenvalue weighted by Crippen LogP contribution is -2.26. The largest absolute Gasteiger partial charge is 0.396 e. The first-order valence-electron chi connectivity index (χ1n) is 3.33. The Hall–Kier alpha value is -0.380. The van der Waals surface area contributed by atoms with Crippen LogP contribution in [0.4, 0.5) is 0 Å². The maximum Gasteiger partial charge on any atom is 0.185 e. The molecule has 1 atom stereocenters. The second-order valence-electron chi connectivity index (χ2n) is 2.76. The number of rotatable bonds is 1. The van der Waals surface area contributed by atoms with E-state index in [0.717, 1.165) is 0 Å². The molecule has 0 saturated heterocycles. The molecule has 1 saturated carbocycles. The number of aliphatic hydroxyl groups is 3. The van der Waals surface area contributed by atoms with Crippen LogP contribution in [-0.4, -0.2) is 27.7 Å². The molecule has 0 spiro atoms. The minimum absolute atomic E-state index is 0.0400. The van der Waals surface area contributed by atoms with Gasteiger partial charge in [-0.2, -0.15) is 0 Å². The van der Waals surface area contributed by atoms with Crippen molar-refractivity contribution in [3.63, 3.8) is 0 Å². The van der Waals surface area contributed by atoms with Crippen LogP contribution >= 0.6 is 0 Å². The van der Waals surface area contributed by atoms with E-state index in [2.05, 4.69) is 6.58 Å². The zero-order valence-electron chi connectivity index (χ0n) is 5.75. The molecule has 0 radical (unpaired) electrons. The summed E-state index contributed by atoms with van der Waals surface area (Å²) < 4.78 is 0. The van der Waals surface area contributed by atoms with Gasteiger partial charge in [-0.05, 0) is 12.0 Å². The highest BCUT2D eigenvalue weighted by Crippen LogP contribution is 2.36. The molecule has 0 amide bonds. The standard InChI is InChI=1S/C7H12O3/c1-5-6(4-8)2-3-7(5,9)10/h6,8-10H,1-4H2. The van der Waals surface area contributed by atoms with Crippen LogP contribution in [0, 0.1) is 5.92 Å². The highest BCUT2D eigenvalue weighted by molar-refractivity contribution is 5.16. The van der Waals surface area contributed by atoms with Gasteiger partial charge in [-0.25, -0.2) is 0 Å². The Bertz CT molecular complexity index is 151. The van der Waals surface area contributed by atoms with Crippen molar-refractivity contribution in [2.45, 2.75) is 18.6 Å². The van der Waals surface area contributed by atoms with Gasteiger partial charge in [-0.3, -0.25) is 0 Å². The predicted octanol–water partition coefficient (Wildman–Crippen LogP) is -0.374. The molecule has 0 aromatic rings. The van der Waals surface area contributed by atoms with Gasteiger partial charge < -0.3 is 15.3 Å². The Balaban J connectivity index is 2.67. The average molecular weight is 144 g/mol. The summed E-state index contributed by atoms with van der Waals surface area (Å²) in [7, 11) is 0. The first-order chi connectivity index (χ1) is 4.58. The molecule has 3 nitrogen and oxygen atoms in total. The van der Waals surface area contributed by atoms with E-state index in [9.17, 15) is 0 Å². The van der Waals surface area contributed by atoms with Gasteiger partial charge in [0.2, 0.25) is 0 Å². The van der Waals surface area contributed by atoms with E-state index in [1.165, 1.54) is 0 Å². The average Bonchev–Trinajstić information content (AvgIpc) is 2.10. The number of aliphatic hydroxyl groups excluding tert-OH is 1. The van der Waals surface area contributed by atoms with E-state index in [0.29, 0.717) is 12.0 Å². The molecular weight excluding hydrogens is 132 g/mol. The Morgan fingerprint density at radius 2 is 2.20 bits per heavy atom. The normalized spacial score (nSPS) is 31.1. The first kappa shape index (κ1) is 7.72. The van der Waals surface area contributed by atoms with Crippen molar-refractivity contribution < 1.29 is 15.3 Å². The van der Waals surface area contributed by atoms with Crippen LogP contribution in [0.15, 0.2) is 12.2 Å². The SMILES string of the molecule is C=C1C(CO)CCC1(O)O. The van der Waals surface area contributed by atoms with Crippen LogP contribution in [-0.2, 0) is 0 Å². The Labute approximate surface area is 59.6 Å². The van der Waals surface area contributed by atoms with E-state index in [1.807, 2.05) is 0 Å². The Morgan fingerprint density at radius 3 is 2.40 bits per heavy atom. The summed E-state index contributed by atoms with van der Waals surface area (Å²) in [4.78, 5) is 0. The summed E-state index contributed by atoms with van der Waals surface area (Å²) in [6.45, 7) is 3.46. The third kappa shape index (κ3) is 1.08. The summed E-state index contributed by atoms with van der Waals surface area (Å²) in [6, 6.07) is 0. The van der Waals surface area contributed by atoms with Crippen LogP contribution in [0.5, 0.6) is 0 Å². The molecule has 1 aliphatic rings. The summed E-state index contributed by atoms with van der Waals surface area (Å²) >= 11 is 0. The van der Waals surface area contributed by atoms with Crippen LogP contribution in [0.25, 0.3) is 0 Å². The van der Waals surface area contributed by atoms with Gasteiger partial charge in [0.1, 0.15) is 0 Å². The topological polar surface area (TPSA) is 60.7 Å². The maximum absolute atomic E-state index is 9.11. The Kier molecular flexibility index (Phi) is 1.81. The molecule has 0 bridgehead atoms. The highest BCUT2D eigenvalue weighted by Gasteiger charge is 2.38. The van der Waals surface area contributed by atoms with Crippen molar-refractivity contribution in [2.75, 3.05) is 6.61 Å². The van der Waals surface area contributed by atoms with E-state index in [4.69, 9.17) is 15.3 Å². The molecule has 1 aliphatic carbocycles. The summed E-state index contributed by atoms with van der Waals surface area (Å²) in [5.74, 6) is -1.86. The van der Waals surface area contributed by atoms with Gasteiger partial charge in [0, 0.05) is 18.9 Å². The fraction of sp³-hybridized carbons (Fsp3) is 0.714. The number of hydrogen-bond donors (Lipinski definition) is 3. The zero-order chi connectivity index (χ0) is 7.78. The second-order valence-corrected chi connectivity index (χ2v) is 2.76. The predicted molar refractivity (Wildman–Crippen MR) is 36.1 cm³/mol. The molecule has 58 valence electrons. The second kappa shape index (κ2) is 2.34. The molecule has 0 aliphatic heterocycles. The quantitative estimate of drug-likeness (QED) is 0.347. The van der Waals surface area contributed by atoms with Gasteiger partial charge in [-0.1, -0.05) is 6.58 Å². The zero-order valence-corrected chi connectivity index (χ0v) is 5.75.